The van der Waals surface area contributed by atoms with E-state index in [1.165, 1.54) is 11.3 Å². The first-order valence-corrected chi connectivity index (χ1v) is 6.64. The summed E-state index contributed by atoms with van der Waals surface area (Å²) < 4.78 is 5.47. The molecule has 19 heavy (non-hydrogen) atoms. The van der Waals surface area contributed by atoms with Crippen LogP contribution >= 0.6 is 0 Å². The molecule has 0 spiro atoms. The van der Waals surface area contributed by atoms with Crippen LogP contribution in [0.4, 0.5) is 5.69 Å². The molecule has 0 aliphatic carbocycles. The summed E-state index contributed by atoms with van der Waals surface area (Å²) in [7, 11) is 1.71. The summed E-state index contributed by atoms with van der Waals surface area (Å²) in [5.41, 5.74) is 3.54. The number of benzene rings is 1. The summed E-state index contributed by atoms with van der Waals surface area (Å²) >= 11 is 0. The van der Waals surface area contributed by atoms with Crippen molar-refractivity contribution in [2.24, 2.45) is 0 Å². The van der Waals surface area contributed by atoms with Crippen molar-refractivity contribution in [2.45, 2.75) is 25.3 Å². The van der Waals surface area contributed by atoms with Gasteiger partial charge in [0, 0.05) is 23.8 Å². The number of hydrogen-bond donors (Lipinski definition) is 1. The molecule has 1 N–H and O–H groups in total. The highest BCUT2D eigenvalue weighted by atomic mass is 16.5. The zero-order valence-corrected chi connectivity index (χ0v) is 11.3. The third-order valence-electron chi connectivity index (χ3n) is 3.68. The van der Waals surface area contributed by atoms with Crippen LogP contribution in [0.15, 0.2) is 42.6 Å². The average Bonchev–Trinajstić information content (AvgIpc) is 2.46. The van der Waals surface area contributed by atoms with Crippen molar-refractivity contribution >= 4 is 5.69 Å². The number of nitrogens with zero attached hydrogens (tertiary/aromatic N) is 1. The van der Waals surface area contributed by atoms with Crippen molar-refractivity contribution in [2.75, 3.05) is 12.4 Å². The summed E-state index contributed by atoms with van der Waals surface area (Å²) in [6.07, 6.45) is 2.87. The van der Waals surface area contributed by atoms with Gasteiger partial charge in [-0.1, -0.05) is 18.2 Å². The molecule has 2 heterocycles. The fourth-order valence-electron chi connectivity index (χ4n) is 2.83. The van der Waals surface area contributed by atoms with Crippen LogP contribution in [-0.4, -0.2) is 18.1 Å². The highest BCUT2D eigenvalue weighted by Crippen LogP contribution is 2.40. The monoisotopic (exact) mass is 254 g/mol. The molecule has 1 aromatic carbocycles. The molecule has 1 aliphatic heterocycles. The Morgan fingerprint density at radius 1 is 1.21 bits per heavy atom. The van der Waals surface area contributed by atoms with Gasteiger partial charge in [-0.25, -0.2) is 0 Å². The van der Waals surface area contributed by atoms with Crippen molar-refractivity contribution in [1.29, 1.82) is 0 Å². The first kappa shape index (κ1) is 12.0. The Labute approximate surface area is 113 Å². The molecule has 1 aromatic heterocycles. The first-order valence-electron chi connectivity index (χ1n) is 6.64. The molecular weight excluding hydrogens is 236 g/mol. The topological polar surface area (TPSA) is 34.1 Å². The predicted octanol–water partition coefficient (Wildman–Crippen LogP) is 3.43. The first-order chi connectivity index (χ1) is 9.29. The van der Waals surface area contributed by atoms with Gasteiger partial charge in [-0.15, -0.1) is 0 Å². The maximum Gasteiger partial charge on any atom is 0.140 e. The Morgan fingerprint density at radius 3 is 2.89 bits per heavy atom. The highest BCUT2D eigenvalue weighted by molar-refractivity contribution is 5.58. The van der Waals surface area contributed by atoms with E-state index >= 15 is 0 Å². The number of methoxy groups -OCH3 is 1. The molecule has 3 heteroatoms. The number of anilines is 1. The lowest BCUT2D eigenvalue weighted by molar-refractivity contribution is 0.401. The SMILES string of the molecule is COc1cccnc1C1CC(C)Nc2ccccc21. The summed E-state index contributed by atoms with van der Waals surface area (Å²) in [6.45, 7) is 2.21. The van der Waals surface area contributed by atoms with Gasteiger partial charge in [0.15, 0.2) is 0 Å². The zero-order chi connectivity index (χ0) is 13.2. The van der Waals surface area contributed by atoms with E-state index in [4.69, 9.17) is 4.74 Å². The molecule has 1 aliphatic rings. The Balaban J connectivity index is 2.10. The fraction of sp³-hybridized carbons (Fsp3) is 0.312. The van der Waals surface area contributed by atoms with Gasteiger partial charge in [0.05, 0.1) is 12.8 Å². The van der Waals surface area contributed by atoms with Crippen LogP contribution in [-0.2, 0) is 0 Å². The van der Waals surface area contributed by atoms with Crippen molar-refractivity contribution < 1.29 is 4.74 Å². The van der Waals surface area contributed by atoms with Gasteiger partial charge in [-0.3, -0.25) is 4.98 Å². The molecule has 0 radical (unpaired) electrons. The van der Waals surface area contributed by atoms with Crippen LogP contribution in [0, 0.1) is 0 Å². The molecule has 98 valence electrons. The van der Waals surface area contributed by atoms with Gasteiger partial charge in [0.2, 0.25) is 0 Å². The van der Waals surface area contributed by atoms with Crippen LogP contribution in [0.3, 0.4) is 0 Å². The van der Waals surface area contributed by atoms with Crippen LogP contribution in [0.25, 0.3) is 0 Å². The van der Waals surface area contributed by atoms with E-state index in [0.29, 0.717) is 12.0 Å². The number of fused-ring (bicyclic) bond motifs is 1. The number of ether oxygens (including phenoxy) is 1. The van der Waals surface area contributed by atoms with Crippen LogP contribution < -0.4 is 10.1 Å². The molecule has 0 amide bonds. The molecule has 3 nitrogen and oxygen atoms in total. The Hall–Kier alpha value is -2.03. The minimum absolute atomic E-state index is 0.295. The lowest BCUT2D eigenvalue weighted by atomic mass is 9.84. The standard InChI is InChI=1S/C16H18N2O/c1-11-10-13(12-6-3-4-7-14(12)18-11)16-15(19-2)8-5-9-17-16/h3-9,11,13,18H,10H2,1-2H3. The largest absolute Gasteiger partial charge is 0.495 e. The van der Waals surface area contributed by atoms with Gasteiger partial charge in [0.1, 0.15) is 5.75 Å². The third-order valence-corrected chi connectivity index (χ3v) is 3.68. The number of aromatic nitrogens is 1. The van der Waals surface area contributed by atoms with Crippen LogP contribution in [0.2, 0.25) is 0 Å². The number of nitrogens with one attached hydrogen (secondary N) is 1. The fourth-order valence-corrected chi connectivity index (χ4v) is 2.83. The minimum atomic E-state index is 0.295. The van der Waals surface area contributed by atoms with E-state index in [-0.39, 0.29) is 0 Å². The molecule has 0 bridgehead atoms. The average molecular weight is 254 g/mol. The van der Waals surface area contributed by atoms with Crippen molar-refractivity contribution in [1.82, 2.24) is 4.98 Å². The lowest BCUT2D eigenvalue weighted by Crippen LogP contribution is -2.26. The molecular formula is C16H18N2O. The summed E-state index contributed by atoms with van der Waals surface area (Å²) in [6, 6.07) is 12.8. The summed E-state index contributed by atoms with van der Waals surface area (Å²) in [5.74, 6) is 1.17. The normalized spacial score (nSPS) is 21.4. The molecule has 0 saturated carbocycles. The van der Waals surface area contributed by atoms with Gasteiger partial charge in [-0.2, -0.15) is 0 Å². The Bertz CT molecular complexity index is 582. The minimum Gasteiger partial charge on any atom is -0.495 e. The number of pyridine rings is 1. The molecule has 0 fully saturated rings. The highest BCUT2D eigenvalue weighted by Gasteiger charge is 2.28. The Kier molecular flexibility index (Phi) is 3.11. The van der Waals surface area contributed by atoms with E-state index in [9.17, 15) is 0 Å². The number of rotatable bonds is 2. The Morgan fingerprint density at radius 2 is 2.05 bits per heavy atom. The second-order valence-corrected chi connectivity index (χ2v) is 5.01. The van der Waals surface area contributed by atoms with Crippen molar-refractivity contribution in [3.8, 4) is 5.75 Å². The van der Waals surface area contributed by atoms with Gasteiger partial charge in [-0.05, 0) is 37.1 Å². The van der Waals surface area contributed by atoms with Crippen LogP contribution in [0.1, 0.15) is 30.5 Å². The van der Waals surface area contributed by atoms with Gasteiger partial charge < -0.3 is 10.1 Å². The summed E-state index contributed by atoms with van der Waals surface area (Å²) in [5, 5.41) is 3.53. The number of hydrogen-bond acceptors (Lipinski definition) is 3. The molecule has 0 saturated heterocycles. The summed E-state index contributed by atoms with van der Waals surface area (Å²) in [4.78, 5) is 4.55. The van der Waals surface area contributed by atoms with Crippen molar-refractivity contribution in [3.63, 3.8) is 0 Å². The molecule has 2 aromatic rings. The molecule has 3 rings (SSSR count). The van der Waals surface area contributed by atoms with Gasteiger partial charge in [0.25, 0.3) is 0 Å². The second kappa shape index (κ2) is 4.92. The third kappa shape index (κ3) is 2.16. The van der Waals surface area contributed by atoms with Crippen LogP contribution in [0.5, 0.6) is 5.75 Å². The number of para-hydroxylation sites is 1. The van der Waals surface area contributed by atoms with E-state index in [1.54, 1.807) is 7.11 Å². The predicted molar refractivity (Wildman–Crippen MR) is 76.8 cm³/mol. The smallest absolute Gasteiger partial charge is 0.140 e. The maximum absolute atomic E-state index is 5.47. The van der Waals surface area contributed by atoms with E-state index in [2.05, 4.69) is 41.5 Å². The quantitative estimate of drug-likeness (QED) is 0.891. The maximum atomic E-state index is 5.47. The lowest BCUT2D eigenvalue weighted by Gasteiger charge is -2.31. The van der Waals surface area contributed by atoms with E-state index < -0.39 is 0 Å². The van der Waals surface area contributed by atoms with Crippen molar-refractivity contribution in [3.05, 3.63) is 53.9 Å². The molecule has 2 atom stereocenters. The zero-order valence-electron chi connectivity index (χ0n) is 11.3. The second-order valence-electron chi connectivity index (χ2n) is 5.01. The van der Waals surface area contributed by atoms with E-state index in [0.717, 1.165) is 17.9 Å². The van der Waals surface area contributed by atoms with Gasteiger partial charge >= 0.3 is 0 Å². The molecule has 2 unspecified atom stereocenters. The van der Waals surface area contributed by atoms with E-state index in [1.807, 2.05) is 18.3 Å².